The fraction of sp³-hybridized carbons (Fsp3) is 0.467. The van der Waals surface area contributed by atoms with Gasteiger partial charge in [-0.2, -0.15) is 0 Å². The molecule has 5 nitrogen and oxygen atoms in total. The van der Waals surface area contributed by atoms with Crippen LogP contribution in [-0.2, 0) is 4.74 Å². The Morgan fingerprint density at radius 1 is 1.32 bits per heavy atom. The van der Waals surface area contributed by atoms with Gasteiger partial charge in [0.15, 0.2) is 0 Å². The van der Waals surface area contributed by atoms with E-state index in [9.17, 15) is 14.0 Å². The minimum atomic E-state index is -0.516. The molecular formula is C15H18ClFN2O3. The van der Waals surface area contributed by atoms with E-state index >= 15 is 0 Å². The molecule has 0 unspecified atom stereocenters. The van der Waals surface area contributed by atoms with Crippen LogP contribution in [0.15, 0.2) is 24.3 Å². The van der Waals surface area contributed by atoms with Crippen LogP contribution < -0.4 is 5.32 Å². The van der Waals surface area contributed by atoms with Crippen LogP contribution in [0.1, 0.15) is 23.2 Å². The lowest BCUT2D eigenvalue weighted by molar-refractivity contribution is 0.0698. The van der Waals surface area contributed by atoms with Gasteiger partial charge in [0, 0.05) is 19.1 Å². The lowest BCUT2D eigenvalue weighted by atomic mass is 10.0. The van der Waals surface area contributed by atoms with Crippen molar-refractivity contribution < 1.29 is 18.7 Å². The van der Waals surface area contributed by atoms with Crippen molar-refractivity contribution in [2.45, 2.75) is 18.9 Å². The molecule has 1 saturated heterocycles. The van der Waals surface area contributed by atoms with Gasteiger partial charge in [0.25, 0.3) is 5.91 Å². The number of carbonyl (C=O) groups excluding carboxylic acids is 2. The molecule has 0 spiro atoms. The topological polar surface area (TPSA) is 58.6 Å². The van der Waals surface area contributed by atoms with E-state index in [1.54, 1.807) is 17.0 Å². The number of alkyl carbamates (subject to hydrolysis) is 1. The Balaban J connectivity index is 1.83. The van der Waals surface area contributed by atoms with Crippen LogP contribution in [0.3, 0.4) is 0 Å². The van der Waals surface area contributed by atoms with Crippen molar-refractivity contribution in [2.24, 2.45) is 0 Å². The first-order chi connectivity index (χ1) is 10.6. The normalized spacial score (nSPS) is 15.5. The van der Waals surface area contributed by atoms with E-state index in [0.29, 0.717) is 25.9 Å². The maximum absolute atomic E-state index is 13.6. The Hall–Kier alpha value is -1.82. The molecule has 1 fully saturated rings. The average Bonchev–Trinajstić information content (AvgIpc) is 2.53. The number of hydrogen-bond acceptors (Lipinski definition) is 3. The lowest BCUT2D eigenvalue weighted by Crippen LogP contribution is -2.46. The molecule has 1 N–H and O–H groups in total. The van der Waals surface area contributed by atoms with Crippen molar-refractivity contribution in [3.05, 3.63) is 35.6 Å². The molecule has 1 aliphatic rings. The van der Waals surface area contributed by atoms with Crippen molar-refractivity contribution in [3.63, 3.8) is 0 Å². The maximum Gasteiger partial charge on any atom is 0.407 e. The van der Waals surface area contributed by atoms with E-state index in [-0.39, 0.29) is 30.0 Å². The number of nitrogens with zero attached hydrogens (tertiary/aromatic N) is 1. The van der Waals surface area contributed by atoms with Gasteiger partial charge in [-0.1, -0.05) is 12.1 Å². The second-order valence-corrected chi connectivity index (χ2v) is 5.39. The Morgan fingerprint density at radius 3 is 2.64 bits per heavy atom. The quantitative estimate of drug-likeness (QED) is 0.863. The molecule has 2 amide bonds. The smallest absolute Gasteiger partial charge is 0.407 e. The second-order valence-electron chi connectivity index (χ2n) is 5.02. The fourth-order valence-corrected chi connectivity index (χ4v) is 2.45. The number of rotatable bonds is 4. The number of piperidine rings is 1. The minimum absolute atomic E-state index is 0.0486. The van der Waals surface area contributed by atoms with Crippen LogP contribution in [-0.4, -0.2) is 48.5 Å². The van der Waals surface area contributed by atoms with E-state index in [4.69, 9.17) is 16.3 Å². The van der Waals surface area contributed by atoms with Crippen LogP contribution in [0.5, 0.6) is 0 Å². The maximum atomic E-state index is 13.6. The standard InChI is InChI=1S/C15H18ClFN2O3/c16-7-10-22-15(21)18-11-5-8-19(9-6-11)14(20)12-3-1-2-4-13(12)17/h1-4,11H,5-10H2,(H,18,21). The molecule has 0 atom stereocenters. The van der Waals surface area contributed by atoms with E-state index in [1.807, 2.05) is 0 Å². The predicted octanol–water partition coefficient (Wildman–Crippen LogP) is 2.40. The first kappa shape index (κ1) is 16.5. The van der Waals surface area contributed by atoms with Gasteiger partial charge in [-0.05, 0) is 25.0 Å². The Bertz CT molecular complexity index is 533. The monoisotopic (exact) mass is 328 g/mol. The molecule has 22 heavy (non-hydrogen) atoms. The van der Waals surface area contributed by atoms with Crippen molar-refractivity contribution in [1.82, 2.24) is 10.2 Å². The molecule has 1 aromatic carbocycles. The lowest BCUT2D eigenvalue weighted by Gasteiger charge is -2.32. The number of ether oxygens (including phenoxy) is 1. The number of halogens is 2. The van der Waals surface area contributed by atoms with Crippen LogP contribution in [0.4, 0.5) is 9.18 Å². The average molecular weight is 329 g/mol. The number of amides is 2. The van der Waals surface area contributed by atoms with Gasteiger partial charge in [0.2, 0.25) is 0 Å². The number of alkyl halides is 1. The summed E-state index contributed by atoms with van der Waals surface area (Å²) in [6.45, 7) is 1.10. The summed E-state index contributed by atoms with van der Waals surface area (Å²) in [6, 6.07) is 5.89. The van der Waals surface area contributed by atoms with Crippen LogP contribution in [0.2, 0.25) is 0 Å². The zero-order valence-electron chi connectivity index (χ0n) is 12.1. The fourth-order valence-electron chi connectivity index (χ4n) is 2.37. The Kier molecular flexibility index (Phi) is 6.00. The third kappa shape index (κ3) is 4.34. The highest BCUT2D eigenvalue weighted by Gasteiger charge is 2.26. The molecule has 0 aliphatic carbocycles. The summed E-state index contributed by atoms with van der Waals surface area (Å²) in [5, 5.41) is 2.73. The van der Waals surface area contributed by atoms with Crippen LogP contribution in [0, 0.1) is 5.82 Å². The number of likely N-dealkylation sites (tertiary alicyclic amines) is 1. The van der Waals surface area contributed by atoms with Gasteiger partial charge in [0.05, 0.1) is 11.4 Å². The summed E-state index contributed by atoms with van der Waals surface area (Å²) >= 11 is 5.43. The third-order valence-electron chi connectivity index (χ3n) is 3.52. The highest BCUT2D eigenvalue weighted by atomic mass is 35.5. The zero-order chi connectivity index (χ0) is 15.9. The summed E-state index contributed by atoms with van der Waals surface area (Å²) in [5.74, 6) is -0.582. The van der Waals surface area contributed by atoms with Gasteiger partial charge < -0.3 is 15.0 Å². The molecule has 7 heteroatoms. The highest BCUT2D eigenvalue weighted by Crippen LogP contribution is 2.16. The SMILES string of the molecule is O=C(NC1CCN(C(=O)c2ccccc2F)CC1)OCCCl. The summed E-state index contributed by atoms with van der Waals surface area (Å²) in [6.07, 6.45) is 0.714. The number of carbonyl (C=O) groups is 2. The van der Waals surface area contributed by atoms with E-state index in [1.165, 1.54) is 12.1 Å². The summed E-state index contributed by atoms with van der Waals surface area (Å²) in [5.41, 5.74) is 0.0791. The van der Waals surface area contributed by atoms with Gasteiger partial charge >= 0.3 is 6.09 Å². The highest BCUT2D eigenvalue weighted by molar-refractivity contribution is 6.18. The summed E-state index contributed by atoms with van der Waals surface area (Å²) in [7, 11) is 0. The van der Waals surface area contributed by atoms with E-state index in [2.05, 4.69) is 5.32 Å². The molecule has 1 aromatic rings. The van der Waals surface area contributed by atoms with Crippen molar-refractivity contribution in [1.29, 1.82) is 0 Å². The number of benzene rings is 1. The molecule has 120 valence electrons. The molecule has 0 aromatic heterocycles. The second kappa shape index (κ2) is 7.98. The van der Waals surface area contributed by atoms with E-state index in [0.717, 1.165) is 0 Å². The summed E-state index contributed by atoms with van der Waals surface area (Å²) < 4.78 is 18.5. The van der Waals surface area contributed by atoms with Crippen LogP contribution in [0.25, 0.3) is 0 Å². The first-order valence-electron chi connectivity index (χ1n) is 7.15. The van der Waals surface area contributed by atoms with Gasteiger partial charge in [-0.3, -0.25) is 4.79 Å². The molecule has 2 rings (SSSR count). The van der Waals surface area contributed by atoms with Gasteiger partial charge in [-0.15, -0.1) is 11.6 Å². The predicted molar refractivity (Wildman–Crippen MR) is 80.5 cm³/mol. The molecular weight excluding hydrogens is 311 g/mol. The number of hydrogen-bond donors (Lipinski definition) is 1. The van der Waals surface area contributed by atoms with Crippen LogP contribution >= 0.6 is 11.6 Å². The molecule has 1 aliphatic heterocycles. The molecule has 0 bridgehead atoms. The van der Waals surface area contributed by atoms with Crippen molar-refractivity contribution in [3.8, 4) is 0 Å². The van der Waals surface area contributed by atoms with Gasteiger partial charge in [-0.25, -0.2) is 9.18 Å². The van der Waals surface area contributed by atoms with Crippen molar-refractivity contribution in [2.75, 3.05) is 25.6 Å². The minimum Gasteiger partial charge on any atom is -0.448 e. The number of nitrogens with one attached hydrogen (secondary N) is 1. The first-order valence-corrected chi connectivity index (χ1v) is 7.68. The summed E-state index contributed by atoms with van der Waals surface area (Å²) in [4.78, 5) is 25.3. The Labute approximate surface area is 133 Å². The largest absolute Gasteiger partial charge is 0.448 e. The Morgan fingerprint density at radius 2 is 2.00 bits per heavy atom. The van der Waals surface area contributed by atoms with Gasteiger partial charge in [0.1, 0.15) is 12.4 Å². The molecule has 0 saturated carbocycles. The molecule has 0 radical (unpaired) electrons. The zero-order valence-corrected chi connectivity index (χ0v) is 12.8. The third-order valence-corrected chi connectivity index (χ3v) is 3.67. The van der Waals surface area contributed by atoms with E-state index < -0.39 is 11.9 Å². The van der Waals surface area contributed by atoms with Crippen molar-refractivity contribution >= 4 is 23.6 Å². The molecule has 1 heterocycles.